The normalized spacial score (nSPS) is 23.6. The number of pyridine rings is 1. The van der Waals surface area contributed by atoms with Gasteiger partial charge in [-0.3, -0.25) is 14.5 Å². The summed E-state index contributed by atoms with van der Waals surface area (Å²) >= 11 is 0. The van der Waals surface area contributed by atoms with Gasteiger partial charge >= 0.3 is 6.09 Å². The molecule has 3 aliphatic heterocycles. The lowest BCUT2D eigenvalue weighted by Gasteiger charge is -2.31. The summed E-state index contributed by atoms with van der Waals surface area (Å²) in [5.74, 6) is 0.911. The maximum atomic E-state index is 14.0. The van der Waals surface area contributed by atoms with Gasteiger partial charge in [0, 0.05) is 37.7 Å². The molecule has 33 heavy (non-hydrogen) atoms. The molecule has 3 aliphatic rings. The number of carbonyl (C=O) groups is 3. The van der Waals surface area contributed by atoms with Crippen LogP contribution in [0, 0.1) is 17.7 Å². The van der Waals surface area contributed by atoms with Crippen molar-refractivity contribution in [3.8, 4) is 0 Å². The van der Waals surface area contributed by atoms with Gasteiger partial charge in [0.2, 0.25) is 5.91 Å². The van der Waals surface area contributed by atoms with Gasteiger partial charge in [0.05, 0.1) is 12.6 Å². The molecule has 174 valence electrons. The molecule has 10 heteroatoms. The zero-order chi connectivity index (χ0) is 23.4. The van der Waals surface area contributed by atoms with Crippen molar-refractivity contribution in [1.82, 2.24) is 14.8 Å². The number of cyclic esters (lactones) is 1. The highest BCUT2D eigenvalue weighted by Gasteiger charge is 2.49. The second kappa shape index (κ2) is 9.85. The van der Waals surface area contributed by atoms with Gasteiger partial charge in [-0.25, -0.2) is 14.2 Å². The molecular weight excluding hydrogens is 431 g/mol. The second-order valence-electron chi connectivity index (χ2n) is 8.20. The first kappa shape index (κ1) is 22.5. The van der Waals surface area contributed by atoms with E-state index in [1.165, 1.54) is 17.0 Å². The molecule has 1 aromatic heterocycles. The van der Waals surface area contributed by atoms with Crippen LogP contribution in [0.5, 0.6) is 0 Å². The third kappa shape index (κ3) is 4.74. The highest BCUT2D eigenvalue weighted by atomic mass is 19.1. The van der Waals surface area contributed by atoms with E-state index in [-0.39, 0.29) is 42.6 Å². The molecule has 4 heterocycles. The maximum Gasteiger partial charge on any atom is 0.410 e. The van der Waals surface area contributed by atoms with Gasteiger partial charge in [-0.1, -0.05) is 18.2 Å². The number of halogens is 1. The highest BCUT2D eigenvalue weighted by molar-refractivity contribution is 5.83. The van der Waals surface area contributed by atoms with Gasteiger partial charge in [0.25, 0.3) is 6.47 Å². The monoisotopic (exact) mass is 456 g/mol. The van der Waals surface area contributed by atoms with Gasteiger partial charge in [-0.2, -0.15) is 0 Å². The highest BCUT2D eigenvalue weighted by Crippen LogP contribution is 2.45. The number of fused-ring (bicyclic) bond motifs is 1. The first-order chi connectivity index (χ1) is 16.0. The Morgan fingerprint density at radius 1 is 1.21 bits per heavy atom. The fraction of sp³-hybridized carbons (Fsp3) is 0.391. The third-order valence-corrected chi connectivity index (χ3v) is 6.32. The molecule has 0 bridgehead atoms. The quantitative estimate of drug-likeness (QED) is 0.702. The summed E-state index contributed by atoms with van der Waals surface area (Å²) in [6.07, 6.45) is 1.32. The van der Waals surface area contributed by atoms with Crippen molar-refractivity contribution < 1.29 is 28.6 Å². The Morgan fingerprint density at radius 2 is 2.03 bits per heavy atom. The summed E-state index contributed by atoms with van der Waals surface area (Å²) < 4.78 is 19.0. The number of nitrogens with zero attached hydrogens (tertiary/aromatic N) is 4. The zero-order valence-corrected chi connectivity index (χ0v) is 17.9. The smallest absolute Gasteiger partial charge is 0.410 e. The van der Waals surface area contributed by atoms with Crippen molar-refractivity contribution in [1.29, 1.82) is 0 Å². The number of rotatable bonds is 4. The minimum absolute atomic E-state index is 0.00591. The molecule has 5 rings (SSSR count). The van der Waals surface area contributed by atoms with Crippen LogP contribution in [0.25, 0.3) is 0 Å². The van der Waals surface area contributed by atoms with Gasteiger partial charge in [0.15, 0.2) is 0 Å². The number of ether oxygens (including phenoxy) is 1. The molecule has 0 spiro atoms. The number of benzene rings is 1. The van der Waals surface area contributed by atoms with E-state index in [0.29, 0.717) is 19.7 Å². The van der Waals surface area contributed by atoms with Gasteiger partial charge in [-0.05, 0) is 29.8 Å². The van der Waals surface area contributed by atoms with Gasteiger partial charge < -0.3 is 19.6 Å². The predicted octanol–water partition coefficient (Wildman–Crippen LogP) is 2.01. The van der Waals surface area contributed by atoms with Crippen LogP contribution < -0.4 is 4.90 Å². The number of amides is 2. The van der Waals surface area contributed by atoms with Crippen LogP contribution in [0.15, 0.2) is 48.7 Å². The lowest BCUT2D eigenvalue weighted by atomic mass is 9.89. The van der Waals surface area contributed by atoms with Crippen LogP contribution in [0.1, 0.15) is 11.6 Å². The molecule has 0 unspecified atom stereocenters. The van der Waals surface area contributed by atoms with Crippen molar-refractivity contribution >= 4 is 24.3 Å². The summed E-state index contributed by atoms with van der Waals surface area (Å²) in [5.41, 5.74) is 0.794. The summed E-state index contributed by atoms with van der Waals surface area (Å²) in [7, 11) is 0. The summed E-state index contributed by atoms with van der Waals surface area (Å²) in [4.78, 5) is 43.3. The second-order valence-corrected chi connectivity index (χ2v) is 8.20. The molecule has 1 N–H and O–H groups in total. The summed E-state index contributed by atoms with van der Waals surface area (Å²) in [6, 6.07) is 12.1. The standard InChI is InChI=1S/C22H23FN4O3.CH2O2/c23-17-5-3-4-15(10-17)21-18-13-26(19-6-1-2-7-24-19)11-16(18)12-27(21)20(28)14-25-8-9-30-22(25)29;2-1-3/h1-7,10,16,18,21H,8-9,11-14H2;1H,(H,2,3)/t16-,18-,21+;/m0./s1. The number of hydrogen-bond donors (Lipinski definition) is 1. The van der Waals surface area contributed by atoms with Gasteiger partial charge in [-0.15, -0.1) is 0 Å². The minimum atomic E-state index is -0.452. The van der Waals surface area contributed by atoms with Crippen LogP contribution in [0.2, 0.25) is 0 Å². The van der Waals surface area contributed by atoms with E-state index in [2.05, 4.69) is 9.88 Å². The largest absolute Gasteiger partial charge is 0.483 e. The average Bonchev–Trinajstić information content (AvgIpc) is 3.49. The molecule has 0 radical (unpaired) electrons. The van der Waals surface area contributed by atoms with Crippen LogP contribution >= 0.6 is 0 Å². The molecule has 0 aliphatic carbocycles. The van der Waals surface area contributed by atoms with Gasteiger partial charge in [0.1, 0.15) is 24.8 Å². The van der Waals surface area contributed by atoms with E-state index in [0.717, 1.165) is 24.5 Å². The van der Waals surface area contributed by atoms with E-state index < -0.39 is 6.09 Å². The zero-order valence-electron chi connectivity index (χ0n) is 17.9. The van der Waals surface area contributed by atoms with Crippen LogP contribution in [0.4, 0.5) is 15.0 Å². The molecule has 2 aromatic rings. The fourth-order valence-electron chi connectivity index (χ4n) is 4.97. The molecular formula is C23H25FN4O5. The van der Waals surface area contributed by atoms with Crippen molar-refractivity contribution in [2.24, 2.45) is 11.8 Å². The number of likely N-dealkylation sites (tertiary alicyclic amines) is 1. The Kier molecular flexibility index (Phi) is 6.71. The lowest BCUT2D eigenvalue weighted by molar-refractivity contribution is -0.133. The van der Waals surface area contributed by atoms with E-state index in [1.807, 2.05) is 29.2 Å². The number of anilines is 1. The first-order valence-electron chi connectivity index (χ1n) is 10.7. The van der Waals surface area contributed by atoms with E-state index >= 15 is 0 Å². The SMILES string of the molecule is O=C1OCCN1CC(=O)N1C[C@@H]2CN(c3ccccn3)C[C@@H]2[C@H]1c1cccc(F)c1.O=CO. The number of carboxylic acid groups (broad SMARTS) is 1. The van der Waals surface area contributed by atoms with E-state index in [9.17, 15) is 14.0 Å². The minimum Gasteiger partial charge on any atom is -0.483 e. The summed E-state index contributed by atoms with van der Waals surface area (Å²) in [6.45, 7) is 2.60. The molecule has 3 atom stereocenters. The first-order valence-corrected chi connectivity index (χ1v) is 10.7. The number of aromatic nitrogens is 1. The number of carbonyl (C=O) groups excluding carboxylic acids is 2. The Labute approximate surface area is 190 Å². The maximum absolute atomic E-state index is 14.0. The predicted molar refractivity (Wildman–Crippen MR) is 116 cm³/mol. The van der Waals surface area contributed by atoms with E-state index in [4.69, 9.17) is 14.6 Å². The molecule has 3 fully saturated rings. The Morgan fingerprint density at radius 3 is 2.70 bits per heavy atom. The Balaban J connectivity index is 0.000000821. The Bertz CT molecular complexity index is 1010. The number of hydrogen-bond acceptors (Lipinski definition) is 6. The van der Waals surface area contributed by atoms with Crippen molar-refractivity contribution in [3.05, 3.63) is 60.0 Å². The molecule has 3 saturated heterocycles. The van der Waals surface area contributed by atoms with Crippen LogP contribution in [-0.2, 0) is 14.3 Å². The average molecular weight is 456 g/mol. The molecule has 1 aromatic carbocycles. The van der Waals surface area contributed by atoms with Crippen molar-refractivity contribution in [2.75, 3.05) is 44.2 Å². The van der Waals surface area contributed by atoms with Crippen LogP contribution in [-0.4, -0.2) is 77.7 Å². The summed E-state index contributed by atoms with van der Waals surface area (Å²) in [5, 5.41) is 6.89. The van der Waals surface area contributed by atoms with Crippen molar-refractivity contribution in [2.45, 2.75) is 6.04 Å². The third-order valence-electron chi connectivity index (χ3n) is 6.32. The van der Waals surface area contributed by atoms with Crippen molar-refractivity contribution in [3.63, 3.8) is 0 Å². The fourth-order valence-corrected chi connectivity index (χ4v) is 4.97. The van der Waals surface area contributed by atoms with Crippen LogP contribution in [0.3, 0.4) is 0 Å². The molecule has 2 amide bonds. The topological polar surface area (TPSA) is 103 Å². The molecule has 0 saturated carbocycles. The molecule has 9 nitrogen and oxygen atoms in total. The van der Waals surface area contributed by atoms with E-state index in [1.54, 1.807) is 12.3 Å². The Hall–Kier alpha value is -3.69. The lowest BCUT2D eigenvalue weighted by Crippen LogP contribution is -2.42.